The molecule has 8 rings (SSSR count). The van der Waals surface area contributed by atoms with Gasteiger partial charge in [-0.05, 0) is 69.3 Å². The molecule has 258 valence electrons. The quantitative estimate of drug-likeness (QED) is 0.237. The Morgan fingerprint density at radius 3 is 2.80 bits per heavy atom. The number of likely N-dealkylation sites (N-methyl/N-ethyl adjacent to an activating group) is 1. The lowest BCUT2D eigenvalue weighted by atomic mass is 9.93. The van der Waals surface area contributed by atoms with Gasteiger partial charge in [-0.15, -0.1) is 11.3 Å². The first-order valence-electron chi connectivity index (χ1n) is 17.1. The molecule has 3 aromatic heterocycles. The molecule has 4 aliphatic rings. The van der Waals surface area contributed by atoms with Gasteiger partial charge < -0.3 is 34.6 Å². The molecule has 3 saturated heterocycles. The number of hydrogen-bond acceptors (Lipinski definition) is 12. The fourth-order valence-electron chi connectivity index (χ4n) is 8.31. The number of ether oxygens (including phenoxy) is 3. The lowest BCUT2D eigenvalue weighted by Gasteiger charge is -2.33. The van der Waals surface area contributed by atoms with E-state index in [0.717, 1.165) is 94.5 Å². The Hall–Kier alpha value is -3.74. The van der Waals surface area contributed by atoms with Crippen molar-refractivity contribution < 1.29 is 23.0 Å². The smallest absolute Gasteiger partial charge is 0.319 e. The molecule has 11 nitrogen and oxygen atoms in total. The molecule has 1 aromatic carbocycles. The van der Waals surface area contributed by atoms with Crippen molar-refractivity contribution in [2.24, 2.45) is 5.92 Å². The lowest BCUT2D eigenvalue weighted by Crippen LogP contribution is -2.42. The summed E-state index contributed by atoms with van der Waals surface area (Å²) in [7, 11) is 3.81. The number of thiophene rings is 1. The average molecular weight is 691 g/mol. The van der Waals surface area contributed by atoms with Gasteiger partial charge in [0.1, 0.15) is 29.0 Å². The number of nitrogens with two attached hydrogens (primary N) is 1. The van der Waals surface area contributed by atoms with Crippen molar-refractivity contribution in [1.29, 1.82) is 5.26 Å². The maximum atomic E-state index is 17.4. The molecule has 7 heterocycles. The summed E-state index contributed by atoms with van der Waals surface area (Å²) in [4.78, 5) is 21.3. The van der Waals surface area contributed by atoms with Crippen LogP contribution < -0.4 is 15.4 Å². The van der Waals surface area contributed by atoms with Crippen LogP contribution in [0.2, 0.25) is 0 Å². The lowest BCUT2D eigenvalue weighted by molar-refractivity contribution is 0.135. The van der Waals surface area contributed by atoms with E-state index < -0.39 is 11.6 Å². The summed E-state index contributed by atoms with van der Waals surface area (Å²) in [6, 6.07) is 2.62. The van der Waals surface area contributed by atoms with Crippen molar-refractivity contribution in [2.45, 2.75) is 57.4 Å². The normalized spacial score (nSPS) is 22.7. The fraction of sp³-hybridized carbons (Fsp3) is 0.543. The number of anilines is 2. The van der Waals surface area contributed by atoms with Crippen LogP contribution in [0.4, 0.5) is 19.6 Å². The van der Waals surface area contributed by atoms with Crippen molar-refractivity contribution in [3.63, 3.8) is 0 Å². The number of rotatable bonds is 9. The van der Waals surface area contributed by atoms with Crippen molar-refractivity contribution >= 4 is 43.1 Å². The second kappa shape index (κ2) is 13.2. The predicted octanol–water partition coefficient (Wildman–Crippen LogP) is 5.08. The zero-order valence-electron chi connectivity index (χ0n) is 27.8. The first-order valence-corrected chi connectivity index (χ1v) is 17.9. The molecular weight excluding hydrogens is 651 g/mol. The highest BCUT2D eigenvalue weighted by atomic mass is 32.1. The molecule has 0 spiro atoms. The Balaban J connectivity index is 1.30. The van der Waals surface area contributed by atoms with E-state index in [0.29, 0.717) is 29.3 Å². The number of nitrogens with zero attached hydrogens (tertiary/aromatic N) is 7. The number of halogens is 2. The van der Waals surface area contributed by atoms with E-state index >= 15 is 8.78 Å². The topological polar surface area (TPSA) is 126 Å². The number of aromatic nitrogens is 3. The molecule has 0 aliphatic carbocycles. The molecule has 2 bridgehead atoms. The molecular formula is C35H40F2N8O3S. The van der Waals surface area contributed by atoms with Crippen molar-refractivity contribution in [3.05, 3.63) is 34.5 Å². The highest BCUT2D eigenvalue weighted by Gasteiger charge is 2.40. The van der Waals surface area contributed by atoms with Crippen molar-refractivity contribution in [2.75, 3.05) is 70.7 Å². The number of nitrogen functional groups attached to an aromatic ring is 1. The van der Waals surface area contributed by atoms with Crippen LogP contribution in [0.5, 0.6) is 6.01 Å². The van der Waals surface area contributed by atoms with Gasteiger partial charge in [-0.3, -0.25) is 4.98 Å². The van der Waals surface area contributed by atoms with E-state index in [2.05, 4.69) is 32.8 Å². The number of methoxy groups -OCH3 is 1. The van der Waals surface area contributed by atoms with Crippen LogP contribution in [0, 0.1) is 28.9 Å². The van der Waals surface area contributed by atoms with Crippen molar-refractivity contribution in [1.82, 2.24) is 24.8 Å². The molecule has 2 unspecified atom stereocenters. The fourth-order valence-corrected chi connectivity index (χ4v) is 9.23. The minimum absolute atomic E-state index is 0.0812. The monoisotopic (exact) mass is 690 g/mol. The third kappa shape index (κ3) is 5.65. The summed E-state index contributed by atoms with van der Waals surface area (Å²) in [5, 5.41) is 11.0. The van der Waals surface area contributed by atoms with Gasteiger partial charge in [-0.2, -0.15) is 15.2 Å². The minimum atomic E-state index is -0.625. The summed E-state index contributed by atoms with van der Waals surface area (Å²) >= 11 is 0.958. The number of pyridine rings is 1. The SMILES string of the molecule is COCCCN1CCC2CC(C1)N(c1nc(OC[C@@H]3CCCN3C)nc3c(F)c(-c4ncc(F)c5sc(N)c(C#N)c45)c4c(c13)COC4)C2. The maximum absolute atomic E-state index is 17.4. The van der Waals surface area contributed by atoms with Gasteiger partial charge in [0.15, 0.2) is 11.6 Å². The van der Waals surface area contributed by atoms with E-state index in [9.17, 15) is 5.26 Å². The van der Waals surface area contributed by atoms with Crippen LogP contribution in [0.25, 0.3) is 32.2 Å². The average Bonchev–Trinajstić information content (AvgIpc) is 3.87. The van der Waals surface area contributed by atoms with E-state index in [1.165, 1.54) is 0 Å². The zero-order valence-corrected chi connectivity index (χ0v) is 28.6. The van der Waals surface area contributed by atoms with Crippen LogP contribution in [0.15, 0.2) is 6.20 Å². The molecule has 14 heteroatoms. The standard InChI is InChI=1S/C35H40F2N8O3S/c1-43-7-3-5-20(43)16-48-35-41-31-28(34(42-35)45-14-19-6-9-44(8-4-10-46-2)15-21(45)11-19)24-18-47-17-23(24)26(29(31)37)30-27-22(12-38)33(39)49-32(27)25(36)13-40-30/h13,19-21H,3-11,14-18,39H2,1-2H3/t19?,20-,21?/m0/s1. The summed E-state index contributed by atoms with van der Waals surface area (Å²) in [5.74, 6) is -0.0959. The molecule has 4 aromatic rings. The molecule has 2 N–H and O–H groups in total. The van der Waals surface area contributed by atoms with E-state index in [4.69, 9.17) is 29.9 Å². The van der Waals surface area contributed by atoms with Gasteiger partial charge in [0.2, 0.25) is 0 Å². The predicted molar refractivity (Wildman–Crippen MR) is 184 cm³/mol. The van der Waals surface area contributed by atoms with Gasteiger partial charge in [-0.1, -0.05) is 0 Å². The number of fused-ring (bicyclic) bond motifs is 6. The van der Waals surface area contributed by atoms with Gasteiger partial charge in [0.25, 0.3) is 0 Å². The van der Waals surface area contributed by atoms with E-state index in [-0.39, 0.29) is 68.7 Å². The summed E-state index contributed by atoms with van der Waals surface area (Å²) in [6.07, 6.45) is 6.23. The Bertz CT molecular complexity index is 1970. The highest BCUT2D eigenvalue weighted by Crippen LogP contribution is 2.47. The summed E-state index contributed by atoms with van der Waals surface area (Å²) in [5.41, 5.74) is 8.02. The van der Waals surface area contributed by atoms with E-state index in [1.54, 1.807) is 7.11 Å². The molecule has 3 atom stereocenters. The van der Waals surface area contributed by atoms with Gasteiger partial charge in [0, 0.05) is 56.4 Å². The summed E-state index contributed by atoms with van der Waals surface area (Å²) in [6.45, 7) is 6.16. The highest BCUT2D eigenvalue weighted by molar-refractivity contribution is 7.23. The Labute approximate surface area is 287 Å². The molecule has 49 heavy (non-hydrogen) atoms. The van der Waals surface area contributed by atoms with E-state index in [1.807, 2.05) is 0 Å². The zero-order chi connectivity index (χ0) is 33.8. The van der Waals surface area contributed by atoms with Gasteiger partial charge >= 0.3 is 6.01 Å². The number of benzene rings is 1. The van der Waals surface area contributed by atoms with Gasteiger partial charge in [0.05, 0.1) is 40.8 Å². The number of hydrogen-bond donors (Lipinski definition) is 1. The Kier molecular flexibility index (Phi) is 8.74. The van der Waals surface area contributed by atoms with Crippen LogP contribution in [0.1, 0.15) is 48.8 Å². The van der Waals surface area contributed by atoms with Gasteiger partial charge in [-0.25, -0.2) is 8.78 Å². The minimum Gasteiger partial charge on any atom is -0.462 e. The third-order valence-corrected chi connectivity index (χ3v) is 11.8. The molecule has 0 amide bonds. The molecule has 0 saturated carbocycles. The maximum Gasteiger partial charge on any atom is 0.319 e. The Morgan fingerprint density at radius 2 is 2.00 bits per heavy atom. The largest absolute Gasteiger partial charge is 0.462 e. The number of nitriles is 1. The Morgan fingerprint density at radius 1 is 1.14 bits per heavy atom. The third-order valence-electron chi connectivity index (χ3n) is 10.8. The van der Waals surface area contributed by atoms with Crippen molar-refractivity contribution in [3.8, 4) is 23.3 Å². The van der Waals surface area contributed by atoms with Crippen LogP contribution in [-0.2, 0) is 22.7 Å². The van der Waals surface area contributed by atoms with Crippen LogP contribution in [-0.4, -0.2) is 96.9 Å². The van der Waals surface area contributed by atoms with Crippen LogP contribution >= 0.6 is 11.3 Å². The first-order chi connectivity index (χ1) is 23.9. The molecule has 0 radical (unpaired) electrons. The van der Waals surface area contributed by atoms with Crippen LogP contribution in [0.3, 0.4) is 0 Å². The summed E-state index contributed by atoms with van der Waals surface area (Å²) < 4.78 is 50.2. The molecule has 3 fully saturated rings. The number of likely N-dealkylation sites (tertiary alicyclic amines) is 2. The molecule has 4 aliphatic heterocycles. The second-order valence-corrected chi connectivity index (χ2v) is 14.8. The second-order valence-electron chi connectivity index (χ2n) is 13.7. The first kappa shape index (κ1) is 32.5.